The number of esters is 1. The highest BCUT2D eigenvalue weighted by molar-refractivity contribution is 7.89. The van der Waals surface area contributed by atoms with Crippen LogP contribution in [0.3, 0.4) is 0 Å². The lowest BCUT2D eigenvalue weighted by molar-refractivity contribution is -0.123. The van der Waals surface area contributed by atoms with Crippen LogP contribution in [0.1, 0.15) is 10.4 Å². The Bertz CT molecular complexity index is 628. The molecule has 1 rings (SSSR count). The van der Waals surface area contributed by atoms with Gasteiger partial charge in [0.15, 0.2) is 6.61 Å². The summed E-state index contributed by atoms with van der Waals surface area (Å²) in [4.78, 5) is 27.3. The van der Waals surface area contributed by atoms with E-state index < -0.39 is 28.5 Å². The van der Waals surface area contributed by atoms with Gasteiger partial charge in [-0.25, -0.2) is 13.2 Å². The van der Waals surface area contributed by atoms with Crippen molar-refractivity contribution < 1.29 is 27.6 Å². The zero-order chi connectivity index (χ0) is 16.0. The number of nitrogens with zero attached hydrogens (tertiary/aromatic N) is 1. The maximum atomic E-state index is 12.0. The van der Waals surface area contributed by atoms with Crippen LogP contribution in [-0.2, 0) is 24.4 Å². The van der Waals surface area contributed by atoms with E-state index in [1.54, 1.807) is 0 Å². The molecule has 0 aromatic heterocycles. The van der Waals surface area contributed by atoms with E-state index in [1.165, 1.54) is 39.4 Å². The zero-order valence-corrected chi connectivity index (χ0v) is 12.6. The Labute approximate surface area is 122 Å². The largest absolute Gasteiger partial charge is 0.452 e. The molecule has 1 amide bonds. The first-order valence-corrected chi connectivity index (χ1v) is 7.27. The number of amides is 1. The molecular formula is C12H16N2O6S. The summed E-state index contributed by atoms with van der Waals surface area (Å²) in [5.41, 5.74) is 0.0180. The third-order valence-corrected chi connectivity index (χ3v) is 4.25. The normalized spacial score (nSPS) is 11.2. The van der Waals surface area contributed by atoms with Crippen molar-refractivity contribution in [2.75, 3.05) is 27.8 Å². The summed E-state index contributed by atoms with van der Waals surface area (Å²) in [5.74, 6) is -1.26. The first kappa shape index (κ1) is 17.1. The molecule has 0 aliphatic carbocycles. The fraction of sp³-hybridized carbons (Fsp3) is 0.333. The topological polar surface area (TPSA) is 102 Å². The molecule has 0 unspecified atom stereocenters. The summed E-state index contributed by atoms with van der Waals surface area (Å²) in [7, 11) is -0.0148. The van der Waals surface area contributed by atoms with Crippen molar-refractivity contribution in [2.24, 2.45) is 0 Å². The monoisotopic (exact) mass is 316 g/mol. The first-order valence-electron chi connectivity index (χ1n) is 5.83. The predicted octanol–water partition coefficient (Wildman–Crippen LogP) is -0.229. The van der Waals surface area contributed by atoms with E-state index in [-0.39, 0.29) is 10.5 Å². The summed E-state index contributed by atoms with van der Waals surface area (Å²) < 4.78 is 29.5. The Morgan fingerprint density at radius 3 is 2.57 bits per heavy atom. The molecule has 0 fully saturated rings. The lowest BCUT2D eigenvalue weighted by Gasteiger charge is -2.14. The lowest BCUT2D eigenvalue weighted by Crippen LogP contribution is -2.26. The van der Waals surface area contributed by atoms with E-state index in [9.17, 15) is 18.0 Å². The van der Waals surface area contributed by atoms with Crippen LogP contribution in [0, 0.1) is 0 Å². The molecule has 21 heavy (non-hydrogen) atoms. The van der Waals surface area contributed by atoms with Crippen LogP contribution in [0.2, 0.25) is 0 Å². The molecule has 0 radical (unpaired) electrons. The quantitative estimate of drug-likeness (QED) is 0.574. The molecule has 0 atom stereocenters. The third-order valence-electron chi connectivity index (χ3n) is 2.58. The summed E-state index contributed by atoms with van der Waals surface area (Å²) in [6.45, 7) is -0.440. The van der Waals surface area contributed by atoms with Crippen LogP contribution < -0.4 is 5.32 Å². The van der Waals surface area contributed by atoms with Gasteiger partial charge in [-0.05, 0) is 18.2 Å². The molecule has 1 aromatic rings. The Kier molecular flexibility index (Phi) is 5.82. The predicted molar refractivity (Wildman–Crippen MR) is 72.7 cm³/mol. The Balaban J connectivity index is 2.96. The maximum absolute atomic E-state index is 12.0. The average molecular weight is 316 g/mol. The van der Waals surface area contributed by atoms with Crippen molar-refractivity contribution in [1.29, 1.82) is 0 Å². The number of carbonyl (C=O) groups excluding carboxylic acids is 2. The van der Waals surface area contributed by atoms with Gasteiger partial charge in [0, 0.05) is 14.1 Å². The first-order chi connectivity index (χ1) is 9.82. The zero-order valence-electron chi connectivity index (χ0n) is 11.8. The van der Waals surface area contributed by atoms with Gasteiger partial charge in [0.25, 0.3) is 15.9 Å². The van der Waals surface area contributed by atoms with Crippen molar-refractivity contribution in [1.82, 2.24) is 9.79 Å². The summed E-state index contributed by atoms with van der Waals surface area (Å²) in [5, 5.41) is 2.29. The minimum Gasteiger partial charge on any atom is -0.452 e. The van der Waals surface area contributed by atoms with Crippen molar-refractivity contribution in [3.8, 4) is 0 Å². The van der Waals surface area contributed by atoms with Gasteiger partial charge in [-0.2, -0.15) is 0 Å². The Hall–Kier alpha value is -1.97. The van der Waals surface area contributed by atoms with Gasteiger partial charge < -0.3 is 10.1 Å². The van der Waals surface area contributed by atoms with Crippen LogP contribution in [0.25, 0.3) is 0 Å². The number of nitrogens with one attached hydrogen (secondary N) is 1. The van der Waals surface area contributed by atoms with E-state index >= 15 is 0 Å². The van der Waals surface area contributed by atoms with Crippen molar-refractivity contribution >= 4 is 21.9 Å². The van der Waals surface area contributed by atoms with Crippen LogP contribution in [0.15, 0.2) is 29.2 Å². The fourth-order valence-electron chi connectivity index (χ4n) is 1.32. The molecule has 0 saturated carbocycles. The molecule has 0 aliphatic rings. The highest BCUT2D eigenvalue weighted by Crippen LogP contribution is 2.16. The Morgan fingerprint density at radius 1 is 1.33 bits per heavy atom. The number of ether oxygens (including phenoxy) is 1. The second-order valence-electron chi connectivity index (χ2n) is 3.87. The van der Waals surface area contributed by atoms with E-state index in [2.05, 4.69) is 10.2 Å². The molecule has 8 nitrogen and oxygen atoms in total. The van der Waals surface area contributed by atoms with Gasteiger partial charge in [0.2, 0.25) is 0 Å². The van der Waals surface area contributed by atoms with Crippen LogP contribution >= 0.6 is 0 Å². The molecule has 116 valence electrons. The van der Waals surface area contributed by atoms with Crippen molar-refractivity contribution in [3.05, 3.63) is 29.8 Å². The third kappa shape index (κ3) is 4.25. The average Bonchev–Trinajstić information content (AvgIpc) is 2.51. The van der Waals surface area contributed by atoms with Crippen LogP contribution in [0.5, 0.6) is 0 Å². The second kappa shape index (κ2) is 7.16. The van der Waals surface area contributed by atoms with Gasteiger partial charge in [0.1, 0.15) is 0 Å². The highest BCUT2D eigenvalue weighted by atomic mass is 32.2. The van der Waals surface area contributed by atoms with Gasteiger partial charge in [-0.1, -0.05) is 10.5 Å². The minimum absolute atomic E-state index is 0.0180. The molecule has 0 aliphatic heterocycles. The number of hydroxylamine groups is 1. The SMILES string of the molecule is CNC(=O)COC(=O)c1cccc(S(=O)(=O)N(C)OC)c1. The fourth-order valence-corrected chi connectivity index (χ4v) is 2.34. The summed E-state index contributed by atoms with van der Waals surface area (Å²) in [6, 6.07) is 5.25. The number of hydrogen-bond donors (Lipinski definition) is 1. The molecule has 9 heteroatoms. The van der Waals surface area contributed by atoms with E-state index in [0.29, 0.717) is 4.47 Å². The van der Waals surface area contributed by atoms with E-state index in [4.69, 9.17) is 4.74 Å². The molecule has 0 saturated heterocycles. The summed E-state index contributed by atoms with van der Waals surface area (Å²) >= 11 is 0. The number of rotatable bonds is 6. The lowest BCUT2D eigenvalue weighted by atomic mass is 10.2. The van der Waals surface area contributed by atoms with E-state index in [1.807, 2.05) is 0 Å². The molecular weight excluding hydrogens is 300 g/mol. The standard InChI is InChI=1S/C12H16N2O6S/c1-13-11(15)8-20-12(16)9-5-4-6-10(7-9)21(17,18)14(2)19-3/h4-7H,8H2,1-3H3,(H,13,15). The van der Waals surface area contributed by atoms with Crippen molar-refractivity contribution in [3.63, 3.8) is 0 Å². The summed E-state index contributed by atoms with van der Waals surface area (Å²) in [6.07, 6.45) is 0. The molecule has 0 spiro atoms. The minimum atomic E-state index is -3.86. The number of likely N-dealkylation sites (N-methyl/N-ethyl adjacent to an activating group) is 1. The van der Waals surface area contributed by atoms with Gasteiger partial charge in [-0.3, -0.25) is 9.63 Å². The number of carbonyl (C=O) groups is 2. The molecule has 0 heterocycles. The van der Waals surface area contributed by atoms with Crippen LogP contribution in [-0.4, -0.2) is 52.6 Å². The van der Waals surface area contributed by atoms with Gasteiger partial charge in [0.05, 0.1) is 17.6 Å². The second-order valence-corrected chi connectivity index (χ2v) is 5.81. The smallest absolute Gasteiger partial charge is 0.338 e. The van der Waals surface area contributed by atoms with Gasteiger partial charge in [-0.15, -0.1) is 0 Å². The van der Waals surface area contributed by atoms with E-state index in [0.717, 1.165) is 6.07 Å². The number of hydrogen-bond acceptors (Lipinski definition) is 6. The maximum Gasteiger partial charge on any atom is 0.338 e. The van der Waals surface area contributed by atoms with Gasteiger partial charge >= 0.3 is 5.97 Å². The van der Waals surface area contributed by atoms with Crippen LogP contribution in [0.4, 0.5) is 0 Å². The number of sulfonamides is 1. The Morgan fingerprint density at radius 2 is 2.00 bits per heavy atom. The molecule has 0 bridgehead atoms. The highest BCUT2D eigenvalue weighted by Gasteiger charge is 2.22. The number of benzene rings is 1. The molecule has 1 N–H and O–H groups in total. The molecule has 1 aromatic carbocycles. The van der Waals surface area contributed by atoms with Crippen molar-refractivity contribution in [2.45, 2.75) is 4.90 Å².